The molecule has 22 heavy (non-hydrogen) atoms. The first-order chi connectivity index (χ1) is 10.7. The van der Waals surface area contributed by atoms with Crippen LogP contribution in [0.3, 0.4) is 0 Å². The van der Waals surface area contributed by atoms with E-state index >= 15 is 0 Å². The summed E-state index contributed by atoms with van der Waals surface area (Å²) in [6.45, 7) is 2.00. The van der Waals surface area contributed by atoms with Gasteiger partial charge in [0.1, 0.15) is 11.3 Å². The summed E-state index contributed by atoms with van der Waals surface area (Å²) < 4.78 is 10.8. The predicted molar refractivity (Wildman–Crippen MR) is 87.4 cm³/mol. The van der Waals surface area contributed by atoms with Crippen LogP contribution in [0.25, 0.3) is 11.0 Å². The molecule has 1 aliphatic heterocycles. The van der Waals surface area contributed by atoms with Gasteiger partial charge in [-0.3, -0.25) is 0 Å². The zero-order valence-corrected chi connectivity index (χ0v) is 12.9. The highest BCUT2D eigenvalue weighted by atomic mass is 16.5. The molecule has 0 bridgehead atoms. The Morgan fingerprint density at radius 1 is 1.14 bits per heavy atom. The van der Waals surface area contributed by atoms with Crippen LogP contribution in [0.4, 0.5) is 0 Å². The SMILES string of the molecule is COc1ccc2c(c1)CN(C)CC2c1ccc2occc2c1. The topological polar surface area (TPSA) is 25.6 Å². The molecule has 2 aromatic carbocycles. The lowest BCUT2D eigenvalue weighted by molar-refractivity contribution is 0.294. The molecule has 4 rings (SSSR count). The normalized spacial score (nSPS) is 18.4. The summed E-state index contributed by atoms with van der Waals surface area (Å²) >= 11 is 0. The fraction of sp³-hybridized carbons (Fsp3) is 0.263. The van der Waals surface area contributed by atoms with Crippen molar-refractivity contribution in [1.29, 1.82) is 0 Å². The molecular formula is C19H19NO2. The van der Waals surface area contributed by atoms with E-state index in [4.69, 9.17) is 9.15 Å². The Morgan fingerprint density at radius 3 is 2.91 bits per heavy atom. The van der Waals surface area contributed by atoms with Gasteiger partial charge < -0.3 is 14.1 Å². The van der Waals surface area contributed by atoms with Crippen LogP contribution in [0, 0.1) is 0 Å². The van der Waals surface area contributed by atoms with E-state index in [0.717, 1.165) is 24.4 Å². The van der Waals surface area contributed by atoms with Gasteiger partial charge in [0.2, 0.25) is 0 Å². The van der Waals surface area contributed by atoms with Crippen molar-refractivity contribution in [2.45, 2.75) is 12.5 Å². The van der Waals surface area contributed by atoms with Crippen LogP contribution in [-0.4, -0.2) is 25.6 Å². The van der Waals surface area contributed by atoms with E-state index in [1.54, 1.807) is 13.4 Å². The Kier molecular flexibility index (Phi) is 3.16. The van der Waals surface area contributed by atoms with Crippen LogP contribution in [0.15, 0.2) is 53.1 Å². The Labute approximate surface area is 130 Å². The second-order valence-electron chi connectivity index (χ2n) is 6.03. The van der Waals surface area contributed by atoms with Crippen molar-refractivity contribution in [2.75, 3.05) is 20.7 Å². The summed E-state index contributed by atoms with van der Waals surface area (Å²) in [5, 5.41) is 1.17. The van der Waals surface area contributed by atoms with Gasteiger partial charge in [-0.05, 0) is 54.1 Å². The average molecular weight is 293 g/mol. The van der Waals surface area contributed by atoms with Gasteiger partial charge in [0, 0.05) is 24.4 Å². The van der Waals surface area contributed by atoms with E-state index in [2.05, 4.69) is 48.3 Å². The van der Waals surface area contributed by atoms with Gasteiger partial charge in [-0.15, -0.1) is 0 Å². The van der Waals surface area contributed by atoms with Crippen molar-refractivity contribution in [3.8, 4) is 5.75 Å². The monoisotopic (exact) mass is 293 g/mol. The van der Waals surface area contributed by atoms with Gasteiger partial charge in [-0.25, -0.2) is 0 Å². The maximum absolute atomic E-state index is 5.45. The van der Waals surface area contributed by atoms with Crippen molar-refractivity contribution >= 4 is 11.0 Å². The van der Waals surface area contributed by atoms with Crippen molar-refractivity contribution in [3.05, 3.63) is 65.4 Å². The number of fused-ring (bicyclic) bond motifs is 2. The minimum absolute atomic E-state index is 0.388. The molecule has 2 heterocycles. The molecule has 3 heteroatoms. The zero-order valence-electron chi connectivity index (χ0n) is 12.9. The third-order valence-electron chi connectivity index (χ3n) is 4.54. The summed E-state index contributed by atoms with van der Waals surface area (Å²) in [4.78, 5) is 2.37. The largest absolute Gasteiger partial charge is 0.497 e. The Balaban J connectivity index is 1.81. The maximum atomic E-state index is 5.45. The second-order valence-corrected chi connectivity index (χ2v) is 6.03. The van der Waals surface area contributed by atoms with Crippen molar-refractivity contribution in [3.63, 3.8) is 0 Å². The Morgan fingerprint density at radius 2 is 2.05 bits per heavy atom. The van der Waals surface area contributed by atoms with Crippen LogP contribution < -0.4 is 4.74 Å². The van der Waals surface area contributed by atoms with E-state index in [1.807, 2.05) is 6.07 Å². The Hall–Kier alpha value is -2.26. The van der Waals surface area contributed by atoms with Crippen LogP contribution in [0.5, 0.6) is 5.75 Å². The summed E-state index contributed by atoms with van der Waals surface area (Å²) in [6.07, 6.45) is 1.75. The van der Waals surface area contributed by atoms with Crippen molar-refractivity contribution in [2.24, 2.45) is 0 Å². The number of benzene rings is 2. The molecule has 0 saturated carbocycles. The molecule has 0 fully saturated rings. The van der Waals surface area contributed by atoms with Crippen LogP contribution in [0.2, 0.25) is 0 Å². The lowest BCUT2D eigenvalue weighted by Gasteiger charge is -2.33. The molecule has 0 aliphatic carbocycles. The lowest BCUT2D eigenvalue weighted by atomic mass is 9.84. The second kappa shape index (κ2) is 5.18. The fourth-order valence-corrected chi connectivity index (χ4v) is 3.44. The quantitative estimate of drug-likeness (QED) is 0.713. The van der Waals surface area contributed by atoms with Crippen LogP contribution in [0.1, 0.15) is 22.6 Å². The highest BCUT2D eigenvalue weighted by molar-refractivity contribution is 5.78. The number of hydrogen-bond donors (Lipinski definition) is 0. The summed E-state index contributed by atoms with van der Waals surface area (Å²) in [6, 6.07) is 15.0. The summed E-state index contributed by atoms with van der Waals surface area (Å²) in [5.74, 6) is 1.32. The molecule has 3 aromatic rings. The highest BCUT2D eigenvalue weighted by Crippen LogP contribution is 2.35. The van der Waals surface area contributed by atoms with E-state index in [0.29, 0.717) is 5.92 Å². The van der Waals surface area contributed by atoms with Gasteiger partial charge in [-0.1, -0.05) is 12.1 Å². The minimum atomic E-state index is 0.388. The first-order valence-corrected chi connectivity index (χ1v) is 7.57. The summed E-state index contributed by atoms with van der Waals surface area (Å²) in [5.41, 5.74) is 5.04. The molecule has 1 aliphatic rings. The van der Waals surface area contributed by atoms with Crippen molar-refractivity contribution < 1.29 is 9.15 Å². The van der Waals surface area contributed by atoms with Crippen LogP contribution >= 0.6 is 0 Å². The number of nitrogens with zero attached hydrogens (tertiary/aromatic N) is 1. The fourth-order valence-electron chi connectivity index (χ4n) is 3.44. The van der Waals surface area contributed by atoms with Crippen LogP contribution in [-0.2, 0) is 6.54 Å². The third-order valence-corrected chi connectivity index (χ3v) is 4.54. The molecule has 1 atom stereocenters. The molecule has 0 saturated heterocycles. The number of furan rings is 1. The number of likely N-dealkylation sites (N-methyl/N-ethyl adjacent to an activating group) is 1. The average Bonchev–Trinajstić information content (AvgIpc) is 3.00. The van der Waals surface area contributed by atoms with Gasteiger partial charge in [0.15, 0.2) is 0 Å². The molecule has 112 valence electrons. The number of hydrogen-bond acceptors (Lipinski definition) is 3. The van der Waals surface area contributed by atoms with E-state index in [9.17, 15) is 0 Å². The lowest BCUT2D eigenvalue weighted by Crippen LogP contribution is -2.30. The highest BCUT2D eigenvalue weighted by Gasteiger charge is 2.25. The number of methoxy groups -OCH3 is 1. The van der Waals surface area contributed by atoms with Crippen molar-refractivity contribution in [1.82, 2.24) is 4.90 Å². The first-order valence-electron chi connectivity index (χ1n) is 7.57. The molecule has 0 spiro atoms. The number of ether oxygens (including phenoxy) is 1. The van der Waals surface area contributed by atoms with Gasteiger partial charge >= 0.3 is 0 Å². The molecule has 3 nitrogen and oxygen atoms in total. The van der Waals surface area contributed by atoms with Gasteiger partial charge in [0.05, 0.1) is 13.4 Å². The molecule has 0 radical (unpaired) electrons. The Bertz CT molecular complexity index is 821. The number of rotatable bonds is 2. The molecule has 1 aromatic heterocycles. The molecular weight excluding hydrogens is 274 g/mol. The molecule has 0 N–H and O–H groups in total. The molecule has 0 amide bonds. The standard InChI is InChI=1S/C19H19NO2/c1-20-11-15-10-16(21-2)4-5-17(15)18(12-20)13-3-6-19-14(9-13)7-8-22-19/h3-10,18H,11-12H2,1-2H3. The minimum Gasteiger partial charge on any atom is -0.497 e. The predicted octanol–water partition coefficient (Wildman–Crippen LogP) is 4.02. The maximum Gasteiger partial charge on any atom is 0.133 e. The molecule has 1 unspecified atom stereocenters. The third kappa shape index (κ3) is 2.18. The van der Waals surface area contributed by atoms with E-state index in [1.165, 1.54) is 22.1 Å². The van der Waals surface area contributed by atoms with Gasteiger partial charge in [0.25, 0.3) is 0 Å². The smallest absolute Gasteiger partial charge is 0.133 e. The first kappa shape index (κ1) is 13.4. The van der Waals surface area contributed by atoms with E-state index in [-0.39, 0.29) is 0 Å². The summed E-state index contributed by atoms with van der Waals surface area (Å²) in [7, 11) is 3.89. The zero-order chi connectivity index (χ0) is 15.1. The van der Waals surface area contributed by atoms with Gasteiger partial charge in [-0.2, -0.15) is 0 Å². The van der Waals surface area contributed by atoms with E-state index < -0.39 is 0 Å².